The average Bonchev–Trinajstić information content (AvgIpc) is 2.55. The fourth-order valence-electron chi connectivity index (χ4n) is 0.769. The van der Waals surface area contributed by atoms with Crippen LogP contribution in [-0.4, -0.2) is 20.2 Å². The van der Waals surface area contributed by atoms with Crippen LogP contribution in [0.3, 0.4) is 0 Å². The smallest absolute Gasteiger partial charge is 0.0302 e. The molecule has 0 saturated carbocycles. The second-order valence-electron chi connectivity index (χ2n) is 2.12. The molecule has 1 radical (unpaired) electrons. The molecule has 65 valence electrons. The van der Waals surface area contributed by atoms with Crippen molar-refractivity contribution in [3.63, 3.8) is 0 Å². The van der Waals surface area contributed by atoms with Crippen LogP contribution in [0.25, 0.3) is 11.3 Å². The molecule has 0 amide bonds. The van der Waals surface area contributed by atoms with Gasteiger partial charge < -0.3 is 4.52 Å². The number of nitrogens with zero attached hydrogens (tertiary/aromatic N) is 4. The molecule has 0 aliphatic rings. The SMILES string of the molecule is Cn1cc(-c2[c-]noc2)nn1.[Ir]. The van der Waals surface area contributed by atoms with E-state index in [0.717, 1.165) is 5.56 Å². The fraction of sp³-hybridized carbons (Fsp3) is 0.167. The third-order valence-corrected chi connectivity index (χ3v) is 1.27. The van der Waals surface area contributed by atoms with Crippen LogP contribution in [-0.2, 0) is 27.2 Å². The normalized spacial score (nSPS) is 9.42. The van der Waals surface area contributed by atoms with Crippen LogP contribution < -0.4 is 0 Å². The Balaban J connectivity index is 0.000000720. The minimum atomic E-state index is 0. The van der Waals surface area contributed by atoms with E-state index in [1.54, 1.807) is 17.9 Å². The molecule has 0 atom stereocenters. The van der Waals surface area contributed by atoms with Crippen molar-refractivity contribution in [3.05, 3.63) is 18.7 Å². The Morgan fingerprint density at radius 2 is 2.42 bits per heavy atom. The van der Waals surface area contributed by atoms with Gasteiger partial charge >= 0.3 is 0 Å². The molecule has 0 spiro atoms. The van der Waals surface area contributed by atoms with E-state index in [1.807, 2.05) is 0 Å². The first-order chi connectivity index (χ1) is 5.36. The molecular formula is C6H5IrN4O-. The van der Waals surface area contributed by atoms with E-state index < -0.39 is 0 Å². The van der Waals surface area contributed by atoms with Crippen LogP contribution in [0.5, 0.6) is 0 Å². The van der Waals surface area contributed by atoms with Gasteiger partial charge in [-0.2, -0.15) is 10.3 Å². The summed E-state index contributed by atoms with van der Waals surface area (Å²) in [5.74, 6) is 0. The summed E-state index contributed by atoms with van der Waals surface area (Å²) < 4.78 is 6.20. The van der Waals surface area contributed by atoms with Gasteiger partial charge in [-0.05, 0) is 12.4 Å². The molecule has 2 aromatic heterocycles. The third-order valence-electron chi connectivity index (χ3n) is 1.27. The summed E-state index contributed by atoms with van der Waals surface area (Å²) in [5.41, 5.74) is 1.44. The standard InChI is InChI=1S/C6H5N4O.Ir/c1-10-3-6(8-9-10)5-2-7-11-4-5;/h3-4H,1H3;/q-1;. The van der Waals surface area contributed by atoms with E-state index in [1.165, 1.54) is 6.26 Å². The second-order valence-corrected chi connectivity index (χ2v) is 2.12. The first-order valence-corrected chi connectivity index (χ1v) is 3.05. The topological polar surface area (TPSA) is 56.7 Å². The maximum absolute atomic E-state index is 4.60. The molecule has 0 unspecified atom stereocenters. The fourth-order valence-corrected chi connectivity index (χ4v) is 0.769. The van der Waals surface area contributed by atoms with Crippen LogP contribution in [0.1, 0.15) is 0 Å². The average molecular weight is 341 g/mol. The molecule has 0 N–H and O–H groups in total. The Morgan fingerprint density at radius 3 is 2.92 bits per heavy atom. The predicted molar refractivity (Wildman–Crippen MR) is 35.3 cm³/mol. The zero-order valence-electron chi connectivity index (χ0n) is 6.19. The van der Waals surface area contributed by atoms with Gasteiger partial charge in [0.2, 0.25) is 0 Å². The van der Waals surface area contributed by atoms with E-state index in [2.05, 4.69) is 26.2 Å². The first kappa shape index (κ1) is 9.09. The van der Waals surface area contributed by atoms with Crippen molar-refractivity contribution in [2.24, 2.45) is 7.05 Å². The van der Waals surface area contributed by atoms with Gasteiger partial charge in [-0.25, -0.2) is 0 Å². The number of rotatable bonds is 1. The minimum absolute atomic E-state index is 0. The van der Waals surface area contributed by atoms with Crippen LogP contribution in [0, 0.1) is 6.20 Å². The van der Waals surface area contributed by atoms with E-state index in [0.29, 0.717) is 5.69 Å². The second kappa shape index (κ2) is 3.60. The van der Waals surface area contributed by atoms with Crippen molar-refractivity contribution < 1.29 is 24.6 Å². The monoisotopic (exact) mass is 342 g/mol. The molecule has 2 aromatic rings. The quantitative estimate of drug-likeness (QED) is 0.699. The number of aryl methyl sites for hydroxylation is 1. The van der Waals surface area contributed by atoms with Crippen LogP contribution >= 0.6 is 0 Å². The van der Waals surface area contributed by atoms with E-state index in [9.17, 15) is 0 Å². The molecule has 0 aliphatic heterocycles. The van der Waals surface area contributed by atoms with Gasteiger partial charge in [-0.15, -0.1) is 5.56 Å². The summed E-state index contributed by atoms with van der Waals surface area (Å²) in [4.78, 5) is 0. The largest absolute Gasteiger partial charge is 0.438 e. The Labute approximate surface area is 82.1 Å². The maximum Gasteiger partial charge on any atom is 0.0302 e. The van der Waals surface area contributed by atoms with E-state index in [4.69, 9.17) is 0 Å². The van der Waals surface area contributed by atoms with Crippen LogP contribution in [0.4, 0.5) is 0 Å². The van der Waals surface area contributed by atoms with Gasteiger partial charge in [0.15, 0.2) is 0 Å². The molecule has 2 heterocycles. The van der Waals surface area contributed by atoms with Gasteiger partial charge in [0.25, 0.3) is 0 Å². The first-order valence-electron chi connectivity index (χ1n) is 3.05. The van der Waals surface area contributed by atoms with Crippen molar-refractivity contribution in [2.45, 2.75) is 0 Å². The summed E-state index contributed by atoms with van der Waals surface area (Å²) in [6.45, 7) is 0. The summed E-state index contributed by atoms with van der Waals surface area (Å²) in [5, 5.41) is 11.0. The molecule has 0 fully saturated rings. The summed E-state index contributed by atoms with van der Waals surface area (Å²) in [6.07, 6.45) is 5.88. The van der Waals surface area contributed by atoms with E-state index >= 15 is 0 Å². The Morgan fingerprint density at radius 1 is 1.58 bits per heavy atom. The van der Waals surface area contributed by atoms with Crippen molar-refractivity contribution in [3.8, 4) is 11.3 Å². The summed E-state index contributed by atoms with van der Waals surface area (Å²) in [6, 6.07) is 0. The molecule has 0 saturated heterocycles. The van der Waals surface area contributed by atoms with Crippen molar-refractivity contribution >= 4 is 0 Å². The molecule has 0 aromatic carbocycles. The third kappa shape index (κ3) is 1.60. The molecule has 2 rings (SSSR count). The number of aromatic nitrogens is 4. The van der Waals surface area contributed by atoms with Crippen LogP contribution in [0.2, 0.25) is 0 Å². The van der Waals surface area contributed by atoms with Gasteiger partial charge in [0, 0.05) is 39.1 Å². The minimum Gasteiger partial charge on any atom is -0.438 e. The Kier molecular flexibility index (Phi) is 2.73. The molecule has 0 bridgehead atoms. The zero-order chi connectivity index (χ0) is 7.68. The van der Waals surface area contributed by atoms with E-state index in [-0.39, 0.29) is 20.1 Å². The van der Waals surface area contributed by atoms with Gasteiger partial charge in [-0.1, -0.05) is 5.21 Å². The van der Waals surface area contributed by atoms with Crippen molar-refractivity contribution in [2.75, 3.05) is 0 Å². The van der Waals surface area contributed by atoms with Crippen molar-refractivity contribution in [1.82, 2.24) is 20.2 Å². The number of hydrogen-bond donors (Lipinski definition) is 0. The molecule has 12 heavy (non-hydrogen) atoms. The van der Waals surface area contributed by atoms with Crippen molar-refractivity contribution in [1.29, 1.82) is 0 Å². The summed E-state index contributed by atoms with van der Waals surface area (Å²) in [7, 11) is 1.80. The summed E-state index contributed by atoms with van der Waals surface area (Å²) >= 11 is 0. The molecular weight excluding hydrogens is 336 g/mol. The van der Waals surface area contributed by atoms with Gasteiger partial charge in [0.05, 0.1) is 0 Å². The molecule has 0 aliphatic carbocycles. The van der Waals surface area contributed by atoms with Crippen LogP contribution in [0.15, 0.2) is 17.0 Å². The van der Waals surface area contributed by atoms with Gasteiger partial charge in [0.1, 0.15) is 0 Å². The number of hydrogen-bond acceptors (Lipinski definition) is 4. The molecule has 6 heteroatoms. The molecule has 5 nitrogen and oxygen atoms in total. The maximum atomic E-state index is 4.60. The zero-order valence-corrected chi connectivity index (χ0v) is 8.58. The Hall–Kier alpha value is -1.00. The predicted octanol–water partition coefficient (Wildman–Crippen LogP) is 0.268. The Bertz CT molecular complexity index is 342. The van der Waals surface area contributed by atoms with Gasteiger partial charge in [-0.3, -0.25) is 4.68 Å².